The van der Waals surface area contributed by atoms with Gasteiger partial charge in [0, 0.05) is 109 Å². The van der Waals surface area contributed by atoms with Crippen molar-refractivity contribution in [2.75, 3.05) is 178 Å². The Balaban J connectivity index is 1.68. The van der Waals surface area contributed by atoms with Gasteiger partial charge in [-0.15, -0.1) is 0 Å². The van der Waals surface area contributed by atoms with E-state index in [0.717, 1.165) is 94.4 Å². The molecule has 10 N–H and O–H groups in total. The summed E-state index contributed by atoms with van der Waals surface area (Å²) in [5.74, 6) is -13.5. The van der Waals surface area contributed by atoms with Crippen LogP contribution < -0.4 is 47.9 Å². The van der Waals surface area contributed by atoms with Crippen LogP contribution in [0.1, 0.15) is 186 Å². The molecule has 0 aromatic rings. The Bertz CT molecular complexity index is 3950. The highest BCUT2D eigenvalue weighted by molar-refractivity contribution is 5.93. The third-order valence-corrected chi connectivity index (χ3v) is 20.8. The molecule has 3 heterocycles. The van der Waals surface area contributed by atoms with Gasteiger partial charge in [0.2, 0.25) is 53.2 Å². The Morgan fingerprint density at radius 2 is 0.538 bits per heavy atom. The zero-order chi connectivity index (χ0) is 107. The molecular formula is C92H151N9O44. The molecule has 0 radical (unpaired) electrons. The Kier molecular flexibility index (Phi) is 67.3. The first kappa shape index (κ1) is 128. The van der Waals surface area contributed by atoms with Crippen LogP contribution in [0.25, 0.3) is 0 Å². The molecule has 2 unspecified atom stereocenters. The van der Waals surface area contributed by atoms with Gasteiger partial charge in [0.05, 0.1) is 119 Å². The molecule has 3 aliphatic rings. The molecule has 3 aliphatic heterocycles. The SMILES string of the molecule is CCCCCCCC(=O)NCCCC[C@H](NC(=O)[C@H](CCCCNC(=O)COCCOCCOCCO[C@@H]1O[C@H](COC(C)=O)[C@H](OC(C)=O)C(OC(C)=O)[C@H]1NC(C)=O)NC(=O)[C@H](CCCCNC(=O)COCCOCCOCCO[C@@H]1O[C@H](COC(C)=O)[C@H](OC(C)=O)[C@H](OC(C)=O)[C@H]1NC(C)=O)NC(=O)COCCOCCOCCO[C@@H]1O[C@H](COC(C)=O)[C@H](OC(C)=O)[C@H](OC(C)=O)C1NC(C)=O)C(=O)O. The number of hydrogen-bond acceptors (Lipinski definition) is 43. The molecule has 3 rings (SSSR count). The van der Waals surface area contributed by atoms with Crippen molar-refractivity contribution < 1.29 is 210 Å². The molecule has 3 saturated heterocycles. The van der Waals surface area contributed by atoms with Crippen LogP contribution in [0, 0.1) is 0 Å². The molecule has 0 spiro atoms. The Morgan fingerprint density at radius 3 is 0.828 bits per heavy atom. The maximum Gasteiger partial charge on any atom is 0.326 e. The molecule has 0 saturated carbocycles. The monoisotopic (exact) mass is 2090 g/mol. The maximum absolute atomic E-state index is 14.6. The van der Waals surface area contributed by atoms with Crippen molar-refractivity contribution >= 4 is 113 Å². The number of esters is 9. The Hall–Kier alpha value is -10.7. The number of nitrogens with one attached hydrogen (secondary N) is 9. The van der Waals surface area contributed by atoms with Crippen molar-refractivity contribution in [2.45, 2.75) is 296 Å². The van der Waals surface area contributed by atoms with Gasteiger partial charge in [0.1, 0.15) is 94.2 Å². The lowest BCUT2D eigenvalue weighted by Crippen LogP contribution is -2.66. The van der Waals surface area contributed by atoms with Gasteiger partial charge in [0.15, 0.2) is 55.5 Å². The average molecular weight is 2090 g/mol. The van der Waals surface area contributed by atoms with E-state index in [1.54, 1.807) is 0 Å². The van der Waals surface area contributed by atoms with Crippen molar-refractivity contribution in [2.24, 2.45) is 0 Å². The average Bonchev–Trinajstić information content (AvgIpc) is 0.794. The molecule has 9 amide bonds. The van der Waals surface area contributed by atoms with Crippen LogP contribution in [0.15, 0.2) is 0 Å². The van der Waals surface area contributed by atoms with Crippen LogP contribution in [0.3, 0.4) is 0 Å². The third kappa shape index (κ3) is 59.1. The summed E-state index contributed by atoms with van der Waals surface area (Å²) in [7, 11) is 0. The quantitative estimate of drug-likeness (QED) is 0.0177. The standard InChI is InChI=1S/C92H151N9O44/c1-14-15-16-17-18-28-74(114)93-29-24-21-27-70(89(120)121)101-88(119)69(26-20-23-31-95-76(116)54-129-42-39-123-33-36-126-45-48-132-91-79(97-57(3)103)85(141-66(12)112)82(138-63(9)109)72(144-91)51-135-60(6)106)100-87(118)68(99-77(117)55-130-43-40-124-34-37-127-46-49-133-92-80(98-58(4)104)86(142-67(13)113)83(139-64(10)110)73(145-92)52-136-61(7)107)25-19-22-30-94-75(115)53-128-41-38-122-32-35-125-44-47-131-90-78(96-56(2)102)84(140-65(11)111)81(137-62(8)108)71(143-90)50-134-59(5)105/h68-73,78-86,90-92H,14-55H2,1-13H3,(H,93,114)(H,94,115)(H,95,116)(H,96,102)(H,97,103)(H,98,104)(H,99,117)(H,100,118)(H,101,119)(H,120,121)/t68-,69-,70-,71+,72+,73+,78+,79+,80?,81-,82-,83-,84+,85?,86+,90+,91+,92+/m0/s1. The molecule has 0 aromatic carbocycles. The molecular weight excluding hydrogens is 1940 g/mol. The van der Waals surface area contributed by atoms with Crippen LogP contribution >= 0.6 is 0 Å². The summed E-state index contributed by atoms with van der Waals surface area (Å²) in [6.07, 6.45) is -9.13. The maximum atomic E-state index is 14.6. The van der Waals surface area contributed by atoms with E-state index in [0.29, 0.717) is 12.8 Å². The highest BCUT2D eigenvalue weighted by Gasteiger charge is 2.55. The second-order valence-corrected chi connectivity index (χ2v) is 33.4. The topological polar surface area (TPSA) is 674 Å². The fourth-order valence-corrected chi connectivity index (χ4v) is 14.5. The highest BCUT2D eigenvalue weighted by Crippen LogP contribution is 2.32. The number of aliphatic carboxylic acids is 1. The third-order valence-electron chi connectivity index (χ3n) is 20.8. The molecule has 0 aliphatic carbocycles. The van der Waals surface area contributed by atoms with E-state index in [9.17, 15) is 96.2 Å². The molecule has 145 heavy (non-hydrogen) atoms. The van der Waals surface area contributed by atoms with Crippen molar-refractivity contribution in [1.82, 2.24) is 47.9 Å². The summed E-state index contributed by atoms with van der Waals surface area (Å²) >= 11 is 0. The number of carboxylic acid groups (broad SMARTS) is 1. The number of unbranched alkanes of at least 4 members (excludes halogenated alkanes) is 7. The van der Waals surface area contributed by atoms with E-state index in [4.69, 9.17) is 114 Å². The van der Waals surface area contributed by atoms with Crippen molar-refractivity contribution in [3.8, 4) is 0 Å². The van der Waals surface area contributed by atoms with Crippen LogP contribution in [0.5, 0.6) is 0 Å². The van der Waals surface area contributed by atoms with Gasteiger partial charge in [-0.05, 0) is 64.2 Å². The van der Waals surface area contributed by atoms with E-state index < -0.39 is 243 Å². The summed E-state index contributed by atoms with van der Waals surface area (Å²) in [5, 5.41) is 34.4. The number of carbonyl (C=O) groups excluding carboxylic acids is 18. The summed E-state index contributed by atoms with van der Waals surface area (Å²) in [4.78, 5) is 239. The summed E-state index contributed by atoms with van der Waals surface area (Å²) in [6, 6.07) is -7.81. The van der Waals surface area contributed by atoms with Gasteiger partial charge in [0.25, 0.3) is 0 Å². The lowest BCUT2D eigenvalue weighted by molar-refractivity contribution is -0.279. The fraction of sp³-hybridized carbons (Fsp3) is 0.793. The van der Waals surface area contributed by atoms with Gasteiger partial charge in [-0.25, -0.2) is 4.79 Å². The molecule has 18 atom stereocenters. The number of carboxylic acids is 1. The highest BCUT2D eigenvalue weighted by atomic mass is 16.7. The second kappa shape index (κ2) is 76.0. The minimum atomic E-state index is -1.45. The normalized spacial score (nSPS) is 21.2. The number of rotatable bonds is 78. The summed E-state index contributed by atoms with van der Waals surface area (Å²) in [5.41, 5.74) is 0. The molecule has 0 aromatic heterocycles. The molecule has 53 nitrogen and oxygen atoms in total. The van der Waals surface area contributed by atoms with Gasteiger partial charge in [-0.1, -0.05) is 32.6 Å². The predicted molar refractivity (Wildman–Crippen MR) is 495 cm³/mol. The van der Waals surface area contributed by atoms with E-state index in [-0.39, 0.29) is 209 Å². The van der Waals surface area contributed by atoms with Crippen LogP contribution in [0.4, 0.5) is 0 Å². The van der Waals surface area contributed by atoms with E-state index >= 15 is 0 Å². The number of amides is 9. The largest absolute Gasteiger partial charge is 0.480 e. The first-order valence-electron chi connectivity index (χ1n) is 48.4. The van der Waals surface area contributed by atoms with Crippen LogP contribution in [-0.2, 0) is 205 Å². The first-order chi connectivity index (χ1) is 69.2. The van der Waals surface area contributed by atoms with Gasteiger partial charge in [-0.2, -0.15) is 0 Å². The first-order valence-corrected chi connectivity index (χ1v) is 48.4. The minimum absolute atomic E-state index is 0.00799. The smallest absolute Gasteiger partial charge is 0.326 e. The predicted octanol–water partition coefficient (Wildman–Crippen LogP) is -2.09. The number of ether oxygens (including phenoxy) is 24. The molecule has 3 fully saturated rings. The molecule has 828 valence electrons. The summed E-state index contributed by atoms with van der Waals surface area (Å²) in [6.45, 7) is 13.1. The minimum Gasteiger partial charge on any atom is -0.480 e. The van der Waals surface area contributed by atoms with Crippen LogP contribution in [0.2, 0.25) is 0 Å². The van der Waals surface area contributed by atoms with Crippen molar-refractivity contribution in [3.63, 3.8) is 0 Å². The Morgan fingerprint density at radius 1 is 0.276 bits per heavy atom. The Labute approximate surface area is 841 Å². The van der Waals surface area contributed by atoms with Gasteiger partial charge >= 0.3 is 59.7 Å². The second-order valence-electron chi connectivity index (χ2n) is 33.4. The van der Waals surface area contributed by atoms with Gasteiger partial charge in [-0.3, -0.25) is 86.3 Å². The van der Waals surface area contributed by atoms with E-state index in [2.05, 4.69) is 54.8 Å². The van der Waals surface area contributed by atoms with Gasteiger partial charge < -0.3 is 167 Å². The lowest BCUT2D eigenvalue weighted by Gasteiger charge is -2.44. The van der Waals surface area contributed by atoms with E-state index in [1.807, 2.05) is 0 Å². The summed E-state index contributed by atoms with van der Waals surface area (Å²) < 4.78 is 134. The van der Waals surface area contributed by atoms with Crippen LogP contribution in [-0.4, -0.2) is 406 Å². The van der Waals surface area contributed by atoms with Crippen molar-refractivity contribution in [3.05, 3.63) is 0 Å². The number of carbonyl (C=O) groups is 19. The molecule has 53 heteroatoms. The zero-order valence-corrected chi connectivity index (χ0v) is 85.1. The van der Waals surface area contributed by atoms with Crippen molar-refractivity contribution in [1.29, 1.82) is 0 Å². The van der Waals surface area contributed by atoms with E-state index in [1.165, 1.54) is 20.8 Å². The molecule has 0 bridgehead atoms. The zero-order valence-electron chi connectivity index (χ0n) is 85.1. The lowest BCUT2D eigenvalue weighted by atomic mass is 9.96. The fourth-order valence-electron chi connectivity index (χ4n) is 14.5. The number of hydrogen-bond donors (Lipinski definition) is 10.